The standard InChI is InChI=1S/C20H21NO3/c1-12-5-4-6-15(9-12)20(7-8-20)19(24)21-17-11-16(18(22)23)13(2)10-14(17)3/h4-6,9-11H,7-8H2,1-3H3,(H,21,24)(H,22,23). The fraction of sp³-hybridized carbons (Fsp3) is 0.300. The van der Waals surface area contributed by atoms with Gasteiger partial charge < -0.3 is 10.4 Å². The quantitative estimate of drug-likeness (QED) is 0.894. The minimum absolute atomic E-state index is 0.0589. The molecule has 4 heteroatoms. The average Bonchev–Trinajstić information content (AvgIpc) is 3.31. The maximum atomic E-state index is 12.9. The number of anilines is 1. The first-order valence-electron chi connectivity index (χ1n) is 8.07. The zero-order valence-corrected chi connectivity index (χ0v) is 14.1. The highest BCUT2D eigenvalue weighted by Crippen LogP contribution is 2.49. The topological polar surface area (TPSA) is 66.4 Å². The summed E-state index contributed by atoms with van der Waals surface area (Å²) in [5.74, 6) is -1.04. The number of hydrogen-bond donors (Lipinski definition) is 2. The molecular weight excluding hydrogens is 302 g/mol. The summed E-state index contributed by atoms with van der Waals surface area (Å²) in [4.78, 5) is 24.2. The molecule has 2 aromatic carbocycles. The third-order valence-corrected chi connectivity index (χ3v) is 4.81. The van der Waals surface area contributed by atoms with Gasteiger partial charge in [0, 0.05) is 5.69 Å². The minimum atomic E-state index is -0.984. The SMILES string of the molecule is Cc1cccc(C2(C(=O)Nc3cc(C(=O)O)c(C)cc3C)CC2)c1. The molecule has 0 spiro atoms. The summed E-state index contributed by atoms with van der Waals surface area (Å²) in [7, 11) is 0. The summed E-state index contributed by atoms with van der Waals surface area (Å²) < 4.78 is 0. The molecule has 24 heavy (non-hydrogen) atoms. The van der Waals surface area contributed by atoms with Crippen molar-refractivity contribution >= 4 is 17.6 Å². The lowest BCUT2D eigenvalue weighted by molar-refractivity contribution is -0.118. The summed E-state index contributed by atoms with van der Waals surface area (Å²) in [6.45, 7) is 5.65. The lowest BCUT2D eigenvalue weighted by atomic mass is 9.93. The van der Waals surface area contributed by atoms with Crippen LogP contribution in [0.4, 0.5) is 5.69 Å². The predicted molar refractivity (Wildman–Crippen MR) is 93.6 cm³/mol. The summed E-state index contributed by atoms with van der Waals surface area (Å²) in [5.41, 5.74) is 4.03. The molecular formula is C20H21NO3. The molecule has 3 rings (SSSR count). The van der Waals surface area contributed by atoms with Crippen LogP contribution in [-0.4, -0.2) is 17.0 Å². The first-order valence-corrected chi connectivity index (χ1v) is 8.07. The normalized spacial score (nSPS) is 15.0. The van der Waals surface area contributed by atoms with Gasteiger partial charge >= 0.3 is 5.97 Å². The van der Waals surface area contributed by atoms with Gasteiger partial charge in [0.1, 0.15) is 0 Å². The Balaban J connectivity index is 1.90. The fourth-order valence-electron chi connectivity index (χ4n) is 3.17. The molecule has 0 bridgehead atoms. The Morgan fingerprint density at radius 1 is 1.04 bits per heavy atom. The molecule has 0 heterocycles. The van der Waals surface area contributed by atoms with E-state index in [1.165, 1.54) is 0 Å². The van der Waals surface area contributed by atoms with Crippen LogP contribution in [0.1, 0.15) is 45.5 Å². The monoisotopic (exact) mass is 323 g/mol. The van der Waals surface area contributed by atoms with Crippen molar-refractivity contribution in [2.24, 2.45) is 0 Å². The van der Waals surface area contributed by atoms with Gasteiger partial charge in [-0.2, -0.15) is 0 Å². The second-order valence-electron chi connectivity index (χ2n) is 6.69. The third kappa shape index (κ3) is 2.80. The van der Waals surface area contributed by atoms with Crippen LogP contribution in [0.25, 0.3) is 0 Å². The Bertz CT molecular complexity index is 835. The molecule has 0 saturated heterocycles. The van der Waals surface area contributed by atoms with Crippen LogP contribution in [0.5, 0.6) is 0 Å². The van der Waals surface area contributed by atoms with Gasteiger partial charge in [0.25, 0.3) is 0 Å². The highest BCUT2D eigenvalue weighted by atomic mass is 16.4. The van der Waals surface area contributed by atoms with E-state index in [1.807, 2.05) is 32.0 Å². The molecule has 0 atom stereocenters. The molecule has 1 aliphatic carbocycles. The van der Waals surface area contributed by atoms with E-state index in [2.05, 4.69) is 11.4 Å². The van der Waals surface area contributed by atoms with Gasteiger partial charge in [-0.25, -0.2) is 4.79 Å². The molecule has 2 N–H and O–H groups in total. The van der Waals surface area contributed by atoms with Gasteiger partial charge in [-0.3, -0.25) is 4.79 Å². The molecule has 1 fully saturated rings. The van der Waals surface area contributed by atoms with Crippen molar-refractivity contribution in [3.8, 4) is 0 Å². The Morgan fingerprint density at radius 2 is 1.75 bits per heavy atom. The van der Waals surface area contributed by atoms with E-state index in [4.69, 9.17) is 0 Å². The van der Waals surface area contributed by atoms with Gasteiger partial charge in [-0.1, -0.05) is 35.9 Å². The second-order valence-corrected chi connectivity index (χ2v) is 6.69. The Labute approximate surface area is 141 Å². The van der Waals surface area contributed by atoms with E-state index in [-0.39, 0.29) is 11.5 Å². The summed E-state index contributed by atoms with van der Waals surface area (Å²) >= 11 is 0. The summed E-state index contributed by atoms with van der Waals surface area (Å²) in [6, 6.07) is 11.4. The Kier molecular flexibility index (Phi) is 3.91. The molecule has 1 saturated carbocycles. The van der Waals surface area contributed by atoms with Crippen LogP contribution in [-0.2, 0) is 10.2 Å². The molecule has 0 aliphatic heterocycles. The van der Waals surface area contributed by atoms with Gasteiger partial charge in [-0.15, -0.1) is 0 Å². The molecule has 124 valence electrons. The van der Waals surface area contributed by atoms with Crippen LogP contribution >= 0.6 is 0 Å². The Morgan fingerprint density at radius 3 is 2.33 bits per heavy atom. The maximum absolute atomic E-state index is 12.9. The van der Waals surface area contributed by atoms with Gasteiger partial charge in [0.05, 0.1) is 11.0 Å². The van der Waals surface area contributed by atoms with Crippen molar-refractivity contribution in [1.82, 2.24) is 0 Å². The molecule has 1 amide bonds. The minimum Gasteiger partial charge on any atom is -0.478 e. The van der Waals surface area contributed by atoms with Crippen molar-refractivity contribution in [2.75, 3.05) is 5.32 Å². The van der Waals surface area contributed by atoms with E-state index in [9.17, 15) is 14.7 Å². The van der Waals surface area contributed by atoms with E-state index < -0.39 is 11.4 Å². The van der Waals surface area contributed by atoms with Crippen LogP contribution in [0.3, 0.4) is 0 Å². The van der Waals surface area contributed by atoms with E-state index >= 15 is 0 Å². The van der Waals surface area contributed by atoms with Crippen molar-refractivity contribution < 1.29 is 14.7 Å². The number of carboxylic acid groups (broad SMARTS) is 1. The smallest absolute Gasteiger partial charge is 0.336 e. The lowest BCUT2D eigenvalue weighted by Gasteiger charge is -2.18. The highest BCUT2D eigenvalue weighted by Gasteiger charge is 2.51. The summed E-state index contributed by atoms with van der Waals surface area (Å²) in [5, 5.41) is 12.2. The highest BCUT2D eigenvalue weighted by molar-refractivity contribution is 6.03. The number of rotatable bonds is 4. The number of carbonyl (C=O) groups is 2. The number of amides is 1. The van der Waals surface area contributed by atoms with Crippen molar-refractivity contribution in [3.05, 3.63) is 64.2 Å². The molecule has 0 unspecified atom stereocenters. The van der Waals surface area contributed by atoms with Gasteiger partial charge in [-0.05, 0) is 56.4 Å². The zero-order valence-electron chi connectivity index (χ0n) is 14.1. The molecule has 0 radical (unpaired) electrons. The number of carbonyl (C=O) groups excluding carboxylic acids is 1. The number of hydrogen-bond acceptors (Lipinski definition) is 2. The van der Waals surface area contributed by atoms with Gasteiger partial charge in [0.2, 0.25) is 5.91 Å². The van der Waals surface area contributed by atoms with E-state index in [1.54, 1.807) is 19.1 Å². The number of aromatic carboxylic acids is 1. The zero-order chi connectivity index (χ0) is 17.5. The molecule has 0 aromatic heterocycles. The van der Waals surface area contributed by atoms with Gasteiger partial charge in [0.15, 0.2) is 0 Å². The third-order valence-electron chi connectivity index (χ3n) is 4.81. The number of nitrogens with one attached hydrogen (secondary N) is 1. The van der Waals surface area contributed by atoms with Crippen molar-refractivity contribution in [2.45, 2.75) is 39.0 Å². The van der Waals surface area contributed by atoms with Crippen LogP contribution < -0.4 is 5.32 Å². The van der Waals surface area contributed by atoms with Crippen LogP contribution in [0, 0.1) is 20.8 Å². The number of aryl methyl sites for hydroxylation is 3. The first kappa shape index (κ1) is 16.2. The van der Waals surface area contributed by atoms with Crippen LogP contribution in [0.2, 0.25) is 0 Å². The fourth-order valence-corrected chi connectivity index (χ4v) is 3.17. The Hall–Kier alpha value is -2.62. The van der Waals surface area contributed by atoms with Crippen molar-refractivity contribution in [1.29, 1.82) is 0 Å². The molecule has 1 aliphatic rings. The van der Waals surface area contributed by atoms with E-state index in [0.29, 0.717) is 11.3 Å². The maximum Gasteiger partial charge on any atom is 0.336 e. The molecule has 4 nitrogen and oxygen atoms in total. The van der Waals surface area contributed by atoms with Crippen LogP contribution in [0.15, 0.2) is 36.4 Å². The average molecular weight is 323 g/mol. The van der Waals surface area contributed by atoms with E-state index in [0.717, 1.165) is 29.5 Å². The number of benzene rings is 2. The summed E-state index contributed by atoms with van der Waals surface area (Å²) in [6.07, 6.45) is 1.64. The largest absolute Gasteiger partial charge is 0.478 e. The van der Waals surface area contributed by atoms with Crippen molar-refractivity contribution in [3.63, 3.8) is 0 Å². The number of carboxylic acids is 1. The second kappa shape index (κ2) is 5.78. The predicted octanol–water partition coefficient (Wildman–Crippen LogP) is 3.98. The first-order chi connectivity index (χ1) is 11.3. The lowest BCUT2D eigenvalue weighted by Crippen LogP contribution is -2.28. The molecule has 2 aromatic rings.